The summed E-state index contributed by atoms with van der Waals surface area (Å²) < 4.78 is 18.7. The van der Waals surface area contributed by atoms with Crippen molar-refractivity contribution in [2.45, 2.75) is 93.5 Å². The van der Waals surface area contributed by atoms with Gasteiger partial charge in [0.25, 0.3) is 5.91 Å². The quantitative estimate of drug-likeness (QED) is 0.0622. The molecule has 1 spiro atoms. The van der Waals surface area contributed by atoms with E-state index in [4.69, 9.17) is 14.2 Å². The number of hydrogen-bond acceptors (Lipinski definition) is 9. The van der Waals surface area contributed by atoms with Gasteiger partial charge in [0, 0.05) is 62.5 Å². The second-order valence-electron chi connectivity index (χ2n) is 15.0. The summed E-state index contributed by atoms with van der Waals surface area (Å²) in [5.74, 6) is -3.54. The van der Waals surface area contributed by atoms with Crippen LogP contribution in [-0.2, 0) is 33.4 Å². The Morgan fingerprint density at radius 1 is 1.04 bits per heavy atom. The zero-order chi connectivity index (χ0) is 41.1. The molecule has 310 valence electrons. The van der Waals surface area contributed by atoms with E-state index in [-0.39, 0.29) is 55.3 Å². The number of carbonyl (C=O) groups excluding carboxylic acids is 4. The van der Waals surface area contributed by atoms with Gasteiger partial charge in [-0.1, -0.05) is 71.3 Å². The standard InChI is InChI=1S/C44H59BrN4O8/c1-6-10-20-35(51)46-34(29-55-5)38(30-18-14-13-15-19-30)56-43(54)36-37-41(52)49(26-16-11-12-17-27-50)40(44(37)28-33(45)39(36)57-44)42(53)48(25-7-2)32-23-21-31(22-24-32)47(8-3)9-4/h6-7,13-15,18-19,21-24,33-34,36-40,50H,1-2,8-12,16-17,20,25-29H2,3-5H3,(H,46,51)/t33?,34-,36+,37-,38-,39+,40+,44-/m1/s1. The number of nitrogens with one attached hydrogen (secondary N) is 1. The minimum absolute atomic E-state index is 0.0559. The summed E-state index contributed by atoms with van der Waals surface area (Å²) in [4.78, 5) is 62.9. The largest absolute Gasteiger partial charge is 0.455 e. The molecular formula is C44H59BrN4O8. The predicted molar refractivity (Wildman–Crippen MR) is 224 cm³/mol. The van der Waals surface area contributed by atoms with Crippen LogP contribution < -0.4 is 15.1 Å². The van der Waals surface area contributed by atoms with Crippen LogP contribution in [-0.4, -0.2) is 109 Å². The van der Waals surface area contributed by atoms with Gasteiger partial charge < -0.3 is 39.3 Å². The number of anilines is 2. The summed E-state index contributed by atoms with van der Waals surface area (Å²) in [6, 6.07) is 15.2. The van der Waals surface area contributed by atoms with E-state index in [1.54, 1.807) is 22.0 Å². The number of benzene rings is 2. The number of fused-ring (bicyclic) bond motifs is 1. The van der Waals surface area contributed by atoms with E-state index in [9.17, 15) is 19.5 Å². The second kappa shape index (κ2) is 20.6. The third-order valence-electron chi connectivity index (χ3n) is 11.5. The van der Waals surface area contributed by atoms with Gasteiger partial charge in [-0.15, -0.1) is 13.2 Å². The normalized spacial score (nSPS) is 24.4. The Balaban J connectivity index is 1.51. The van der Waals surface area contributed by atoms with Crippen LogP contribution in [0.5, 0.6) is 0 Å². The average molecular weight is 852 g/mol. The van der Waals surface area contributed by atoms with Crippen molar-refractivity contribution in [1.82, 2.24) is 10.2 Å². The number of nitrogens with zero attached hydrogens (tertiary/aromatic N) is 3. The van der Waals surface area contributed by atoms with Crippen molar-refractivity contribution in [1.29, 1.82) is 0 Å². The molecule has 3 aliphatic rings. The van der Waals surface area contributed by atoms with Crippen molar-refractivity contribution in [2.75, 3.05) is 56.3 Å². The molecule has 2 aromatic rings. The molecule has 12 nitrogen and oxygen atoms in total. The van der Waals surface area contributed by atoms with Crippen LogP contribution in [0.3, 0.4) is 0 Å². The van der Waals surface area contributed by atoms with Gasteiger partial charge in [-0.2, -0.15) is 0 Å². The zero-order valence-electron chi connectivity index (χ0n) is 33.5. The maximum Gasteiger partial charge on any atom is 0.313 e. The molecule has 2 bridgehead atoms. The first-order chi connectivity index (χ1) is 27.6. The maximum absolute atomic E-state index is 15.1. The van der Waals surface area contributed by atoms with Crippen LogP contribution in [0, 0.1) is 11.8 Å². The Hall–Kier alpha value is -4.04. The number of amides is 3. The first kappa shape index (κ1) is 44.1. The summed E-state index contributed by atoms with van der Waals surface area (Å²) in [6.07, 6.45) is 5.43. The van der Waals surface area contributed by atoms with Gasteiger partial charge >= 0.3 is 5.97 Å². The molecule has 2 N–H and O–H groups in total. The molecular weight excluding hydrogens is 792 g/mol. The van der Waals surface area contributed by atoms with Crippen LogP contribution in [0.2, 0.25) is 0 Å². The lowest BCUT2D eigenvalue weighted by Gasteiger charge is -2.37. The monoisotopic (exact) mass is 850 g/mol. The van der Waals surface area contributed by atoms with Gasteiger partial charge in [-0.05, 0) is 69.4 Å². The van der Waals surface area contributed by atoms with E-state index >= 15 is 4.79 Å². The molecule has 3 amide bonds. The predicted octanol–water partition coefficient (Wildman–Crippen LogP) is 5.73. The van der Waals surface area contributed by atoms with Crippen LogP contribution >= 0.6 is 15.9 Å². The molecule has 5 rings (SSSR count). The van der Waals surface area contributed by atoms with Gasteiger partial charge in [-0.3, -0.25) is 19.2 Å². The first-order valence-corrected chi connectivity index (χ1v) is 21.2. The molecule has 0 aliphatic carbocycles. The summed E-state index contributed by atoms with van der Waals surface area (Å²) in [5, 5.41) is 12.4. The molecule has 3 aliphatic heterocycles. The van der Waals surface area contributed by atoms with E-state index in [1.807, 2.05) is 54.6 Å². The Morgan fingerprint density at radius 2 is 1.72 bits per heavy atom. The van der Waals surface area contributed by atoms with Crippen molar-refractivity contribution < 1.29 is 38.5 Å². The Bertz CT molecular complexity index is 1690. The maximum atomic E-state index is 15.1. The fraction of sp³-hybridized carbons (Fsp3) is 0.545. The van der Waals surface area contributed by atoms with E-state index in [1.165, 1.54) is 7.11 Å². The van der Waals surface area contributed by atoms with Gasteiger partial charge in [0.05, 0.1) is 30.6 Å². The molecule has 3 fully saturated rings. The topological polar surface area (TPSA) is 138 Å². The van der Waals surface area contributed by atoms with Crippen molar-refractivity contribution in [3.8, 4) is 0 Å². The summed E-state index contributed by atoms with van der Waals surface area (Å²) in [7, 11) is 1.51. The van der Waals surface area contributed by atoms with Crippen LogP contribution in [0.1, 0.15) is 70.5 Å². The number of ether oxygens (including phenoxy) is 3. The molecule has 57 heavy (non-hydrogen) atoms. The number of likely N-dealkylation sites (tertiary alicyclic amines) is 1. The number of halogens is 1. The first-order valence-electron chi connectivity index (χ1n) is 20.3. The van der Waals surface area contributed by atoms with Gasteiger partial charge in [0.1, 0.15) is 17.7 Å². The van der Waals surface area contributed by atoms with Crippen molar-refractivity contribution in [3.05, 3.63) is 85.5 Å². The summed E-state index contributed by atoms with van der Waals surface area (Å²) in [5.41, 5.74) is 1.03. The minimum atomic E-state index is -1.31. The zero-order valence-corrected chi connectivity index (χ0v) is 35.1. The molecule has 0 saturated carbocycles. The van der Waals surface area contributed by atoms with Crippen molar-refractivity contribution in [2.24, 2.45) is 11.8 Å². The lowest BCUT2D eigenvalue weighted by atomic mass is 9.70. The van der Waals surface area contributed by atoms with E-state index in [2.05, 4.69) is 53.2 Å². The van der Waals surface area contributed by atoms with Crippen molar-refractivity contribution in [3.63, 3.8) is 0 Å². The van der Waals surface area contributed by atoms with Gasteiger partial charge in [0.15, 0.2) is 0 Å². The molecule has 2 aromatic carbocycles. The van der Waals surface area contributed by atoms with Crippen molar-refractivity contribution >= 4 is 51.0 Å². The van der Waals surface area contributed by atoms with Crippen LogP contribution in [0.25, 0.3) is 0 Å². The highest BCUT2D eigenvalue weighted by Gasteiger charge is 2.77. The number of aliphatic hydroxyl groups is 1. The summed E-state index contributed by atoms with van der Waals surface area (Å²) in [6.45, 7) is 14.1. The smallest absolute Gasteiger partial charge is 0.313 e. The number of rotatable bonds is 23. The molecule has 0 aromatic heterocycles. The molecule has 3 saturated heterocycles. The number of alkyl halides is 1. The number of hydrogen-bond donors (Lipinski definition) is 2. The lowest BCUT2D eigenvalue weighted by molar-refractivity contribution is -0.163. The fourth-order valence-electron chi connectivity index (χ4n) is 8.82. The highest BCUT2D eigenvalue weighted by molar-refractivity contribution is 9.09. The van der Waals surface area contributed by atoms with Crippen LogP contribution in [0.15, 0.2) is 79.9 Å². The Kier molecular flexibility index (Phi) is 15.9. The Labute approximate surface area is 345 Å². The molecule has 1 unspecified atom stereocenters. The number of carbonyl (C=O) groups is 4. The van der Waals surface area contributed by atoms with Gasteiger partial charge in [0.2, 0.25) is 11.8 Å². The number of esters is 1. The summed E-state index contributed by atoms with van der Waals surface area (Å²) >= 11 is 3.79. The fourth-order valence-corrected chi connectivity index (χ4v) is 9.77. The number of methoxy groups -OCH3 is 1. The molecule has 13 heteroatoms. The number of aliphatic hydroxyl groups excluding tert-OH is 1. The number of unbranched alkanes of at least 4 members (excludes halogenated alkanes) is 3. The van der Waals surface area contributed by atoms with E-state index in [0.29, 0.717) is 36.9 Å². The highest BCUT2D eigenvalue weighted by atomic mass is 79.9. The minimum Gasteiger partial charge on any atom is -0.455 e. The molecule has 0 radical (unpaired) electrons. The highest BCUT2D eigenvalue weighted by Crippen LogP contribution is 2.60. The van der Waals surface area contributed by atoms with Gasteiger partial charge in [-0.25, -0.2) is 0 Å². The SMILES string of the molecule is C=CCCC(=O)N[C@H](COC)[C@H](OC(=O)[C@@H]1[C@H]2O[C@@]3(CC2Br)[C@H](C(=O)N(CC=C)c2ccc(N(CC)CC)cc2)N(CCCCCCO)C(=O)[C@@H]13)c1ccccc1. The molecule has 8 atom stereocenters. The Morgan fingerprint density at radius 3 is 2.35 bits per heavy atom. The number of allylic oxidation sites excluding steroid dienone is 1. The van der Waals surface area contributed by atoms with E-state index in [0.717, 1.165) is 31.6 Å². The lowest BCUT2D eigenvalue weighted by Crippen LogP contribution is -2.57. The second-order valence-corrected chi connectivity index (χ2v) is 16.2. The third kappa shape index (κ3) is 9.48. The third-order valence-corrected chi connectivity index (χ3v) is 12.3. The molecule has 3 heterocycles. The van der Waals surface area contributed by atoms with Crippen LogP contribution in [0.4, 0.5) is 11.4 Å². The average Bonchev–Trinajstić information content (AvgIpc) is 3.81. The van der Waals surface area contributed by atoms with E-state index < -0.39 is 47.7 Å².